The highest BCUT2D eigenvalue weighted by Gasteiger charge is 2.17. The average Bonchev–Trinajstić information content (AvgIpc) is 2.96. The Morgan fingerprint density at radius 1 is 1.09 bits per heavy atom. The van der Waals surface area contributed by atoms with Gasteiger partial charge in [-0.3, -0.25) is 4.79 Å². The largest absolute Gasteiger partial charge is 0.302 e. The lowest BCUT2D eigenvalue weighted by molar-refractivity contribution is 0.102. The van der Waals surface area contributed by atoms with Crippen LogP contribution < -0.4 is 5.32 Å². The van der Waals surface area contributed by atoms with Crippen LogP contribution in [0.2, 0.25) is 5.02 Å². The lowest BCUT2D eigenvalue weighted by Crippen LogP contribution is -2.13. The maximum Gasteiger partial charge on any atom is 0.258 e. The molecular weight excluding hydrogens is 309 g/mol. The monoisotopic (exact) mass is 317 g/mol. The number of hydrogen-bond donors (Lipinski definition) is 1. The third-order valence-electron chi connectivity index (χ3n) is 2.96. The fourth-order valence-electron chi connectivity index (χ4n) is 1.89. The van der Waals surface area contributed by atoms with Gasteiger partial charge in [-0.15, -0.1) is 0 Å². The van der Waals surface area contributed by atoms with Crippen molar-refractivity contribution in [2.75, 3.05) is 5.32 Å². The number of hydrogen-bond acceptors (Lipinski definition) is 4. The minimum absolute atomic E-state index is 0.136. The summed E-state index contributed by atoms with van der Waals surface area (Å²) < 4.78 is 17.6. The molecule has 0 aliphatic carbocycles. The Morgan fingerprint density at radius 2 is 1.82 bits per heavy atom. The summed E-state index contributed by atoms with van der Waals surface area (Å²) in [5.41, 5.74) is 1.18. The van der Waals surface area contributed by atoms with E-state index in [2.05, 4.69) is 20.3 Å². The molecule has 110 valence electrons. The molecule has 0 bridgehead atoms. The highest BCUT2D eigenvalue weighted by molar-refractivity contribution is 6.34. The molecule has 22 heavy (non-hydrogen) atoms. The number of nitrogens with one attached hydrogen (secondary N) is 1. The Morgan fingerprint density at radius 3 is 2.55 bits per heavy atom. The Labute approximate surface area is 129 Å². The molecule has 0 saturated carbocycles. The van der Waals surface area contributed by atoms with Gasteiger partial charge >= 0.3 is 0 Å². The summed E-state index contributed by atoms with van der Waals surface area (Å²) in [6.45, 7) is 0. The molecule has 3 aromatic rings. The molecular formula is C15H9ClFN3O2. The van der Waals surface area contributed by atoms with Gasteiger partial charge in [0.1, 0.15) is 5.82 Å². The van der Waals surface area contributed by atoms with Crippen molar-refractivity contribution in [2.45, 2.75) is 0 Å². The van der Waals surface area contributed by atoms with E-state index in [1.165, 1.54) is 24.3 Å². The first-order valence-electron chi connectivity index (χ1n) is 6.29. The van der Waals surface area contributed by atoms with Crippen LogP contribution in [-0.4, -0.2) is 16.2 Å². The van der Waals surface area contributed by atoms with E-state index in [9.17, 15) is 9.18 Å². The van der Waals surface area contributed by atoms with Crippen molar-refractivity contribution in [3.8, 4) is 11.3 Å². The topological polar surface area (TPSA) is 68.0 Å². The summed E-state index contributed by atoms with van der Waals surface area (Å²) in [4.78, 5) is 12.2. The molecule has 0 aliphatic heterocycles. The number of nitrogens with zero attached hydrogens (tertiary/aromatic N) is 2. The van der Waals surface area contributed by atoms with E-state index in [-0.39, 0.29) is 11.6 Å². The molecule has 1 aromatic heterocycles. The SMILES string of the molecule is O=C(Nc1nonc1-c1ccc(F)cc1)c1ccccc1Cl. The van der Waals surface area contributed by atoms with Crippen LogP contribution in [-0.2, 0) is 0 Å². The van der Waals surface area contributed by atoms with Gasteiger partial charge in [0.05, 0.1) is 10.6 Å². The molecule has 0 radical (unpaired) electrons. The predicted octanol–water partition coefficient (Wildman–Crippen LogP) is 3.78. The minimum Gasteiger partial charge on any atom is -0.302 e. The lowest BCUT2D eigenvalue weighted by Gasteiger charge is -2.04. The van der Waals surface area contributed by atoms with E-state index in [0.717, 1.165) is 0 Å². The van der Waals surface area contributed by atoms with Gasteiger partial charge in [-0.25, -0.2) is 9.02 Å². The molecule has 0 spiro atoms. The Kier molecular flexibility index (Phi) is 3.84. The van der Waals surface area contributed by atoms with Gasteiger partial charge < -0.3 is 5.32 Å². The number of aromatic nitrogens is 2. The fraction of sp³-hybridized carbons (Fsp3) is 0. The van der Waals surface area contributed by atoms with Crippen LogP contribution in [0.4, 0.5) is 10.2 Å². The summed E-state index contributed by atoms with van der Waals surface area (Å²) in [6, 6.07) is 12.2. The van der Waals surface area contributed by atoms with E-state index in [1.54, 1.807) is 24.3 Å². The summed E-state index contributed by atoms with van der Waals surface area (Å²) >= 11 is 5.97. The van der Waals surface area contributed by atoms with Crippen LogP contribution in [0.25, 0.3) is 11.3 Å². The van der Waals surface area contributed by atoms with Crippen molar-refractivity contribution in [3.05, 3.63) is 64.9 Å². The quantitative estimate of drug-likeness (QED) is 0.798. The van der Waals surface area contributed by atoms with E-state index in [0.29, 0.717) is 21.8 Å². The highest BCUT2D eigenvalue weighted by atomic mass is 35.5. The van der Waals surface area contributed by atoms with Crippen LogP contribution in [0.15, 0.2) is 53.2 Å². The first kappa shape index (κ1) is 14.2. The maximum absolute atomic E-state index is 13.0. The van der Waals surface area contributed by atoms with Gasteiger partial charge in [-0.1, -0.05) is 23.7 Å². The van der Waals surface area contributed by atoms with Gasteiger partial charge in [0.15, 0.2) is 5.69 Å². The second-order valence-corrected chi connectivity index (χ2v) is 4.81. The van der Waals surface area contributed by atoms with Crippen LogP contribution in [0.3, 0.4) is 0 Å². The normalized spacial score (nSPS) is 10.5. The fourth-order valence-corrected chi connectivity index (χ4v) is 2.11. The highest BCUT2D eigenvalue weighted by Crippen LogP contribution is 2.25. The molecule has 7 heteroatoms. The number of anilines is 1. The van der Waals surface area contributed by atoms with Crippen molar-refractivity contribution in [2.24, 2.45) is 0 Å². The first-order valence-corrected chi connectivity index (χ1v) is 6.67. The number of halogens is 2. The maximum atomic E-state index is 13.0. The van der Waals surface area contributed by atoms with Crippen molar-refractivity contribution >= 4 is 23.3 Å². The number of carbonyl (C=O) groups is 1. The smallest absolute Gasteiger partial charge is 0.258 e. The third-order valence-corrected chi connectivity index (χ3v) is 3.29. The molecule has 0 atom stereocenters. The molecule has 5 nitrogen and oxygen atoms in total. The number of carbonyl (C=O) groups excluding carboxylic acids is 1. The molecule has 1 heterocycles. The zero-order valence-corrected chi connectivity index (χ0v) is 11.8. The summed E-state index contributed by atoms with van der Waals surface area (Å²) in [6.07, 6.45) is 0. The van der Waals surface area contributed by atoms with Gasteiger partial charge in [0.2, 0.25) is 5.82 Å². The second-order valence-electron chi connectivity index (χ2n) is 4.40. The second kappa shape index (κ2) is 5.95. The summed E-state index contributed by atoms with van der Waals surface area (Å²) in [5, 5.41) is 10.3. The molecule has 0 fully saturated rings. The van der Waals surface area contributed by atoms with Crippen LogP contribution in [0.1, 0.15) is 10.4 Å². The molecule has 1 N–H and O–H groups in total. The third kappa shape index (κ3) is 2.82. The minimum atomic E-state index is -0.440. The van der Waals surface area contributed by atoms with E-state index < -0.39 is 5.91 Å². The Balaban J connectivity index is 1.88. The molecule has 0 saturated heterocycles. The van der Waals surface area contributed by atoms with Crippen molar-refractivity contribution in [1.29, 1.82) is 0 Å². The number of rotatable bonds is 3. The van der Waals surface area contributed by atoms with Gasteiger partial charge in [0, 0.05) is 5.56 Å². The van der Waals surface area contributed by atoms with Gasteiger partial charge in [-0.2, -0.15) is 0 Å². The molecule has 2 aromatic carbocycles. The Bertz CT molecular complexity index is 818. The zero-order chi connectivity index (χ0) is 15.5. The lowest BCUT2D eigenvalue weighted by atomic mass is 10.1. The molecule has 3 rings (SSSR count). The van der Waals surface area contributed by atoms with Gasteiger partial charge in [-0.05, 0) is 46.7 Å². The summed E-state index contributed by atoms with van der Waals surface area (Å²) in [5.74, 6) is -0.678. The summed E-state index contributed by atoms with van der Waals surface area (Å²) in [7, 11) is 0. The standard InChI is InChI=1S/C15H9ClFN3O2/c16-12-4-2-1-3-11(12)15(21)18-14-13(19-22-20-14)9-5-7-10(17)8-6-9/h1-8H,(H,18,20,21). The predicted molar refractivity (Wildman–Crippen MR) is 79.1 cm³/mol. The van der Waals surface area contributed by atoms with Crippen molar-refractivity contribution in [3.63, 3.8) is 0 Å². The molecule has 0 unspecified atom stereocenters. The van der Waals surface area contributed by atoms with Crippen molar-refractivity contribution < 1.29 is 13.8 Å². The van der Waals surface area contributed by atoms with Gasteiger partial charge in [0.25, 0.3) is 5.91 Å². The molecule has 1 amide bonds. The van der Waals surface area contributed by atoms with Crippen LogP contribution in [0, 0.1) is 5.82 Å². The van der Waals surface area contributed by atoms with Crippen molar-refractivity contribution in [1.82, 2.24) is 10.3 Å². The van der Waals surface area contributed by atoms with E-state index in [4.69, 9.17) is 11.6 Å². The number of benzene rings is 2. The van der Waals surface area contributed by atoms with Crippen LogP contribution in [0.5, 0.6) is 0 Å². The van der Waals surface area contributed by atoms with E-state index >= 15 is 0 Å². The van der Waals surface area contributed by atoms with E-state index in [1.807, 2.05) is 0 Å². The Hall–Kier alpha value is -2.73. The zero-order valence-electron chi connectivity index (χ0n) is 11.1. The number of amides is 1. The first-order chi connectivity index (χ1) is 10.6. The average molecular weight is 318 g/mol. The van der Waals surface area contributed by atoms with Crippen LogP contribution >= 0.6 is 11.6 Å². The molecule has 0 aliphatic rings.